The number of nitrogens with one attached hydrogen (secondary N) is 1. The predicted molar refractivity (Wildman–Crippen MR) is 91.5 cm³/mol. The van der Waals surface area contributed by atoms with Gasteiger partial charge in [-0.05, 0) is 31.2 Å². The molecule has 5 nitrogen and oxygen atoms in total. The molecule has 2 atom stereocenters. The number of pyridine rings is 1. The first kappa shape index (κ1) is 14.4. The topological polar surface area (TPSA) is 55.2 Å². The minimum absolute atomic E-state index is 0.540. The van der Waals surface area contributed by atoms with Gasteiger partial charge < -0.3 is 10.2 Å². The monoisotopic (exact) mass is 307 g/mol. The molecule has 1 unspecified atom stereocenters. The molecule has 2 saturated heterocycles. The Bertz CT molecular complexity index is 766. The highest BCUT2D eigenvalue weighted by Gasteiger charge is 2.34. The smallest absolute Gasteiger partial charge is 0.101 e. The number of anilines is 1. The molecule has 2 aromatic rings. The zero-order valence-corrected chi connectivity index (χ0v) is 13.4. The Morgan fingerprint density at radius 1 is 1.30 bits per heavy atom. The lowest BCUT2D eigenvalue weighted by molar-refractivity contribution is 0.0971. The third kappa shape index (κ3) is 2.44. The van der Waals surface area contributed by atoms with Crippen molar-refractivity contribution in [2.75, 3.05) is 37.6 Å². The van der Waals surface area contributed by atoms with E-state index in [-0.39, 0.29) is 0 Å². The van der Waals surface area contributed by atoms with Crippen molar-refractivity contribution in [1.29, 1.82) is 5.26 Å². The molecule has 118 valence electrons. The summed E-state index contributed by atoms with van der Waals surface area (Å²) in [6.45, 7) is 7.63. The maximum absolute atomic E-state index is 9.31. The first-order chi connectivity index (χ1) is 11.3. The number of rotatable bonds is 1. The van der Waals surface area contributed by atoms with Gasteiger partial charge in [0.2, 0.25) is 0 Å². The standard InChI is InChI=1S/C18H21N5/c1-13-11-22(12-15-10-20-7-8-23(13)15)17-5-4-14(9-19)18-16(17)3-2-6-21-18/h2-6,13,15,20H,7-8,10-12H2,1H3/t13-,15?/m0/s1. The summed E-state index contributed by atoms with van der Waals surface area (Å²) in [5.74, 6) is 0. The van der Waals surface area contributed by atoms with Crippen molar-refractivity contribution < 1.29 is 0 Å². The second-order valence-corrected chi connectivity index (χ2v) is 6.49. The van der Waals surface area contributed by atoms with Crippen LogP contribution in [0.25, 0.3) is 10.9 Å². The van der Waals surface area contributed by atoms with Gasteiger partial charge in [0, 0.05) is 62.1 Å². The molecule has 3 heterocycles. The second kappa shape index (κ2) is 5.80. The number of piperazine rings is 2. The number of aromatic nitrogens is 1. The van der Waals surface area contributed by atoms with Gasteiger partial charge in [-0.2, -0.15) is 5.26 Å². The van der Waals surface area contributed by atoms with Crippen LogP contribution in [0.4, 0.5) is 5.69 Å². The molecular formula is C18H21N5. The van der Waals surface area contributed by atoms with Crippen LogP contribution in [0.1, 0.15) is 12.5 Å². The van der Waals surface area contributed by atoms with E-state index in [2.05, 4.69) is 45.2 Å². The molecule has 2 aliphatic heterocycles. The summed E-state index contributed by atoms with van der Waals surface area (Å²) in [5, 5.41) is 13.9. The molecular weight excluding hydrogens is 286 g/mol. The lowest BCUT2D eigenvalue weighted by atomic mass is 10.0. The van der Waals surface area contributed by atoms with Gasteiger partial charge in [-0.15, -0.1) is 0 Å². The van der Waals surface area contributed by atoms with E-state index < -0.39 is 0 Å². The highest BCUT2D eigenvalue weighted by atomic mass is 15.3. The van der Waals surface area contributed by atoms with Crippen LogP contribution in [-0.2, 0) is 0 Å². The minimum Gasteiger partial charge on any atom is -0.368 e. The number of nitriles is 1. The fraction of sp³-hybridized carbons (Fsp3) is 0.444. The molecule has 2 fully saturated rings. The van der Waals surface area contributed by atoms with Crippen LogP contribution >= 0.6 is 0 Å². The highest BCUT2D eigenvalue weighted by molar-refractivity contribution is 5.95. The van der Waals surface area contributed by atoms with Crippen LogP contribution < -0.4 is 10.2 Å². The molecule has 0 bridgehead atoms. The SMILES string of the molecule is C[C@H]1CN(c2ccc(C#N)c3ncccc23)CC2CNCCN21. The summed E-state index contributed by atoms with van der Waals surface area (Å²) in [7, 11) is 0. The van der Waals surface area contributed by atoms with Crippen LogP contribution in [0.15, 0.2) is 30.5 Å². The normalized spacial score (nSPS) is 25.1. The molecule has 23 heavy (non-hydrogen) atoms. The Hall–Kier alpha value is -2.16. The summed E-state index contributed by atoms with van der Waals surface area (Å²) in [6, 6.07) is 11.4. The van der Waals surface area contributed by atoms with Gasteiger partial charge >= 0.3 is 0 Å². The van der Waals surface area contributed by atoms with Crippen molar-refractivity contribution in [2.45, 2.75) is 19.0 Å². The number of nitrogens with zero attached hydrogens (tertiary/aromatic N) is 4. The third-order valence-electron chi connectivity index (χ3n) is 5.09. The average molecular weight is 307 g/mol. The first-order valence-corrected chi connectivity index (χ1v) is 8.27. The molecule has 1 aromatic heterocycles. The Balaban J connectivity index is 1.74. The van der Waals surface area contributed by atoms with E-state index >= 15 is 0 Å². The molecule has 5 heteroatoms. The fourth-order valence-corrected chi connectivity index (χ4v) is 4.00. The Morgan fingerprint density at radius 2 is 2.22 bits per heavy atom. The van der Waals surface area contributed by atoms with E-state index in [9.17, 15) is 5.26 Å². The van der Waals surface area contributed by atoms with Crippen molar-refractivity contribution >= 4 is 16.6 Å². The van der Waals surface area contributed by atoms with Crippen LogP contribution in [0.2, 0.25) is 0 Å². The third-order valence-corrected chi connectivity index (χ3v) is 5.09. The van der Waals surface area contributed by atoms with Crippen molar-refractivity contribution in [3.05, 3.63) is 36.0 Å². The molecule has 1 aromatic carbocycles. The van der Waals surface area contributed by atoms with Gasteiger partial charge in [0.05, 0.1) is 11.1 Å². The first-order valence-electron chi connectivity index (χ1n) is 8.27. The van der Waals surface area contributed by atoms with Crippen LogP contribution in [0.5, 0.6) is 0 Å². The predicted octanol–water partition coefficient (Wildman–Crippen LogP) is 1.59. The van der Waals surface area contributed by atoms with Crippen molar-refractivity contribution in [1.82, 2.24) is 15.2 Å². The van der Waals surface area contributed by atoms with Gasteiger partial charge in [-0.25, -0.2) is 0 Å². The fourth-order valence-electron chi connectivity index (χ4n) is 4.00. The molecule has 2 aliphatic rings. The zero-order chi connectivity index (χ0) is 15.8. The van der Waals surface area contributed by atoms with E-state index in [1.54, 1.807) is 6.20 Å². The molecule has 1 N–H and O–H groups in total. The van der Waals surface area contributed by atoms with Gasteiger partial charge in [0.15, 0.2) is 0 Å². The highest BCUT2D eigenvalue weighted by Crippen LogP contribution is 2.31. The van der Waals surface area contributed by atoms with E-state index in [0.29, 0.717) is 17.6 Å². The van der Waals surface area contributed by atoms with Crippen molar-refractivity contribution in [2.24, 2.45) is 0 Å². The van der Waals surface area contributed by atoms with E-state index in [4.69, 9.17) is 0 Å². The van der Waals surface area contributed by atoms with Gasteiger partial charge in [0.25, 0.3) is 0 Å². The second-order valence-electron chi connectivity index (χ2n) is 6.49. The summed E-state index contributed by atoms with van der Waals surface area (Å²) < 4.78 is 0. The number of hydrogen-bond acceptors (Lipinski definition) is 5. The molecule has 0 radical (unpaired) electrons. The lowest BCUT2D eigenvalue weighted by Crippen LogP contribution is -2.64. The largest absolute Gasteiger partial charge is 0.368 e. The molecule has 0 spiro atoms. The van der Waals surface area contributed by atoms with E-state index in [1.165, 1.54) is 5.69 Å². The van der Waals surface area contributed by atoms with Crippen molar-refractivity contribution in [3.63, 3.8) is 0 Å². The maximum Gasteiger partial charge on any atom is 0.101 e. The minimum atomic E-state index is 0.540. The molecule has 4 rings (SSSR count). The Labute approximate surface area is 136 Å². The number of hydrogen-bond donors (Lipinski definition) is 1. The molecule has 0 saturated carbocycles. The maximum atomic E-state index is 9.31. The van der Waals surface area contributed by atoms with Gasteiger partial charge in [-0.1, -0.05) is 0 Å². The summed E-state index contributed by atoms with van der Waals surface area (Å²) >= 11 is 0. The van der Waals surface area contributed by atoms with Crippen LogP contribution in [-0.4, -0.2) is 54.7 Å². The van der Waals surface area contributed by atoms with Crippen LogP contribution in [0.3, 0.4) is 0 Å². The van der Waals surface area contributed by atoms with Gasteiger partial charge in [0.1, 0.15) is 6.07 Å². The summed E-state index contributed by atoms with van der Waals surface area (Å²) in [6.07, 6.45) is 1.76. The van der Waals surface area contributed by atoms with E-state index in [0.717, 1.165) is 43.6 Å². The zero-order valence-electron chi connectivity index (χ0n) is 13.4. The summed E-state index contributed by atoms with van der Waals surface area (Å²) in [5.41, 5.74) is 2.66. The molecule has 0 aliphatic carbocycles. The number of benzene rings is 1. The quantitative estimate of drug-likeness (QED) is 0.867. The summed E-state index contributed by atoms with van der Waals surface area (Å²) in [4.78, 5) is 9.52. The van der Waals surface area contributed by atoms with Crippen molar-refractivity contribution in [3.8, 4) is 6.07 Å². The Kier molecular flexibility index (Phi) is 3.64. The van der Waals surface area contributed by atoms with Gasteiger partial charge in [-0.3, -0.25) is 9.88 Å². The average Bonchev–Trinajstić information content (AvgIpc) is 2.60. The molecule has 0 amide bonds. The Morgan fingerprint density at radius 3 is 3.09 bits per heavy atom. The van der Waals surface area contributed by atoms with Crippen LogP contribution in [0, 0.1) is 11.3 Å². The lowest BCUT2D eigenvalue weighted by Gasteiger charge is -2.49. The number of fused-ring (bicyclic) bond motifs is 2. The van der Waals surface area contributed by atoms with E-state index in [1.807, 2.05) is 12.1 Å².